The minimum absolute atomic E-state index is 0.0574. The van der Waals surface area contributed by atoms with Crippen molar-refractivity contribution in [1.29, 1.82) is 0 Å². The van der Waals surface area contributed by atoms with Gasteiger partial charge in [0.15, 0.2) is 5.16 Å². The van der Waals surface area contributed by atoms with E-state index in [0.717, 1.165) is 27.7 Å². The molecule has 0 aliphatic rings. The van der Waals surface area contributed by atoms with Gasteiger partial charge < -0.3 is 4.74 Å². The molecule has 0 aliphatic heterocycles. The van der Waals surface area contributed by atoms with E-state index in [9.17, 15) is 4.79 Å². The molecule has 0 radical (unpaired) electrons. The number of fused-ring (bicyclic) bond motifs is 3. The Morgan fingerprint density at radius 2 is 1.82 bits per heavy atom. The lowest BCUT2D eigenvalue weighted by molar-refractivity contribution is 0.336. The number of aryl methyl sites for hydroxylation is 3. The number of para-hydroxylation sites is 1. The molecule has 0 fully saturated rings. The number of rotatable bonds is 7. The second-order valence-electron chi connectivity index (χ2n) is 8.35. The molecule has 3 heterocycles. The van der Waals surface area contributed by atoms with Crippen LogP contribution in [0.25, 0.3) is 16.0 Å². The number of ether oxygens (including phenoxy) is 1. The lowest BCUT2D eigenvalue weighted by Gasteiger charge is -2.13. The third kappa shape index (κ3) is 4.01. The molecule has 0 saturated carbocycles. The van der Waals surface area contributed by atoms with Gasteiger partial charge in [0, 0.05) is 11.3 Å². The second kappa shape index (κ2) is 9.27. The van der Waals surface area contributed by atoms with Gasteiger partial charge in [-0.15, -0.1) is 21.5 Å². The Bertz CT molecular complexity index is 1540. The Balaban J connectivity index is 1.60. The van der Waals surface area contributed by atoms with E-state index in [1.54, 1.807) is 16.3 Å². The summed E-state index contributed by atoms with van der Waals surface area (Å²) in [5.74, 6) is 2.11. The number of nitrogens with zero attached hydrogens (tertiary/aromatic N) is 4. The van der Waals surface area contributed by atoms with Gasteiger partial charge in [-0.05, 0) is 61.9 Å². The molecule has 0 spiro atoms. The number of thiophene rings is 1. The van der Waals surface area contributed by atoms with Crippen molar-refractivity contribution in [3.8, 4) is 5.75 Å². The molecular formula is C26H26N4O2S2. The predicted octanol–water partition coefficient (Wildman–Crippen LogP) is 5.77. The number of thioether (sulfide) groups is 1. The summed E-state index contributed by atoms with van der Waals surface area (Å²) in [5.41, 5.74) is 6.88. The molecule has 0 N–H and O–H groups in total. The highest BCUT2D eigenvalue weighted by Gasteiger charge is 2.19. The van der Waals surface area contributed by atoms with E-state index in [0.29, 0.717) is 23.6 Å². The molecule has 6 nitrogen and oxygen atoms in total. The first-order valence-corrected chi connectivity index (χ1v) is 13.1. The van der Waals surface area contributed by atoms with Crippen LogP contribution < -0.4 is 10.3 Å². The topological polar surface area (TPSA) is 61.4 Å². The quantitative estimate of drug-likeness (QED) is 0.271. The summed E-state index contributed by atoms with van der Waals surface area (Å²) < 4.78 is 10.2. The predicted molar refractivity (Wildman–Crippen MR) is 140 cm³/mol. The highest BCUT2D eigenvalue weighted by Crippen LogP contribution is 2.29. The molecule has 5 aromatic rings. The fourth-order valence-corrected chi connectivity index (χ4v) is 6.37. The molecule has 0 saturated heterocycles. The third-order valence-corrected chi connectivity index (χ3v) is 7.82. The molecule has 0 amide bonds. The van der Waals surface area contributed by atoms with Crippen LogP contribution in [0, 0.1) is 20.8 Å². The van der Waals surface area contributed by atoms with Crippen molar-refractivity contribution in [2.75, 3.05) is 6.61 Å². The Morgan fingerprint density at radius 1 is 1.06 bits per heavy atom. The molecule has 0 aliphatic carbocycles. The third-order valence-electron chi connectivity index (χ3n) is 5.97. The number of aromatic nitrogens is 4. The first-order valence-electron chi connectivity index (χ1n) is 11.2. The number of hydrogen-bond acceptors (Lipinski definition) is 6. The highest BCUT2D eigenvalue weighted by molar-refractivity contribution is 7.98. The van der Waals surface area contributed by atoms with Crippen LogP contribution in [0.15, 0.2) is 57.8 Å². The number of benzene rings is 2. The van der Waals surface area contributed by atoms with E-state index < -0.39 is 0 Å². The zero-order valence-electron chi connectivity index (χ0n) is 19.7. The molecule has 174 valence electrons. The minimum Gasteiger partial charge on any atom is -0.494 e. The smallest absolute Gasteiger partial charge is 0.273 e. The normalized spacial score (nSPS) is 11.5. The first kappa shape index (κ1) is 22.7. The highest BCUT2D eigenvalue weighted by atomic mass is 32.2. The van der Waals surface area contributed by atoms with Gasteiger partial charge in [0.1, 0.15) is 10.4 Å². The van der Waals surface area contributed by atoms with Crippen molar-refractivity contribution in [2.45, 2.75) is 45.1 Å². The minimum atomic E-state index is -0.0574. The maximum absolute atomic E-state index is 13.4. The second-order valence-corrected chi connectivity index (χ2v) is 10.2. The van der Waals surface area contributed by atoms with E-state index >= 15 is 0 Å². The van der Waals surface area contributed by atoms with Gasteiger partial charge in [-0.2, -0.15) is 0 Å². The average Bonchev–Trinajstić information content (AvgIpc) is 3.44. The van der Waals surface area contributed by atoms with E-state index in [-0.39, 0.29) is 5.56 Å². The maximum atomic E-state index is 13.4. The van der Waals surface area contributed by atoms with E-state index in [1.165, 1.54) is 33.6 Å². The molecule has 0 unspecified atom stereocenters. The summed E-state index contributed by atoms with van der Waals surface area (Å²) in [6.45, 7) is 9.32. The lowest BCUT2D eigenvalue weighted by Crippen LogP contribution is -2.23. The van der Waals surface area contributed by atoms with Crippen molar-refractivity contribution in [3.05, 3.63) is 86.0 Å². The molecule has 34 heavy (non-hydrogen) atoms. The Hall–Kier alpha value is -3.10. The van der Waals surface area contributed by atoms with Crippen LogP contribution in [0.2, 0.25) is 0 Å². The monoisotopic (exact) mass is 490 g/mol. The summed E-state index contributed by atoms with van der Waals surface area (Å²) in [6, 6.07) is 14.2. The van der Waals surface area contributed by atoms with Gasteiger partial charge in [0.2, 0.25) is 5.78 Å². The number of hydrogen-bond donors (Lipinski definition) is 0. The molecular weight excluding hydrogens is 464 g/mol. The van der Waals surface area contributed by atoms with Crippen LogP contribution in [-0.4, -0.2) is 25.8 Å². The summed E-state index contributed by atoms with van der Waals surface area (Å²) in [5, 5.41) is 11.7. The van der Waals surface area contributed by atoms with Gasteiger partial charge in [0.25, 0.3) is 5.56 Å². The standard InChI is InChI=1S/C26H26N4O2S2/c1-5-32-22-9-7-6-8-19(22)14-29-24(31)23-21(10-11-33-23)30-25(29)27-28-26(30)34-15-20-17(3)12-16(2)13-18(20)4/h6-13H,5,14-15H2,1-4H3. The molecule has 0 atom stereocenters. The summed E-state index contributed by atoms with van der Waals surface area (Å²) in [7, 11) is 0. The van der Waals surface area contributed by atoms with E-state index in [2.05, 4.69) is 43.1 Å². The van der Waals surface area contributed by atoms with Crippen molar-refractivity contribution in [2.24, 2.45) is 0 Å². The van der Waals surface area contributed by atoms with Gasteiger partial charge in [-0.3, -0.25) is 13.8 Å². The zero-order chi connectivity index (χ0) is 23.8. The summed E-state index contributed by atoms with van der Waals surface area (Å²) in [6.07, 6.45) is 0. The van der Waals surface area contributed by atoms with Gasteiger partial charge in [0.05, 0.1) is 18.7 Å². The van der Waals surface area contributed by atoms with E-state index in [4.69, 9.17) is 4.74 Å². The zero-order valence-corrected chi connectivity index (χ0v) is 21.3. The van der Waals surface area contributed by atoms with Crippen LogP contribution in [0.5, 0.6) is 5.75 Å². The van der Waals surface area contributed by atoms with Gasteiger partial charge in [-0.1, -0.05) is 47.7 Å². The van der Waals surface area contributed by atoms with Crippen molar-refractivity contribution in [1.82, 2.24) is 19.2 Å². The molecule has 2 aromatic carbocycles. The Morgan fingerprint density at radius 3 is 2.59 bits per heavy atom. The van der Waals surface area contributed by atoms with Crippen molar-refractivity contribution < 1.29 is 4.74 Å². The largest absolute Gasteiger partial charge is 0.494 e. The molecule has 8 heteroatoms. The van der Waals surface area contributed by atoms with Crippen LogP contribution in [-0.2, 0) is 12.3 Å². The van der Waals surface area contributed by atoms with Crippen molar-refractivity contribution >= 4 is 39.1 Å². The Kier molecular flexibility index (Phi) is 6.18. The van der Waals surface area contributed by atoms with Crippen LogP contribution in [0.4, 0.5) is 0 Å². The van der Waals surface area contributed by atoms with Crippen LogP contribution >= 0.6 is 23.1 Å². The van der Waals surface area contributed by atoms with Crippen LogP contribution in [0.3, 0.4) is 0 Å². The summed E-state index contributed by atoms with van der Waals surface area (Å²) >= 11 is 3.10. The fraction of sp³-hybridized carbons (Fsp3) is 0.269. The van der Waals surface area contributed by atoms with Crippen molar-refractivity contribution in [3.63, 3.8) is 0 Å². The van der Waals surface area contributed by atoms with Crippen LogP contribution in [0.1, 0.15) is 34.7 Å². The molecule has 0 bridgehead atoms. The Labute approximate surface area is 206 Å². The SMILES string of the molecule is CCOc1ccccc1Cn1c(=O)c2sccc2n2c(SCc3c(C)cc(C)cc3C)nnc12. The average molecular weight is 491 g/mol. The lowest BCUT2D eigenvalue weighted by atomic mass is 10.0. The first-order chi connectivity index (χ1) is 16.5. The van der Waals surface area contributed by atoms with Gasteiger partial charge in [-0.25, -0.2) is 0 Å². The fourth-order valence-electron chi connectivity index (χ4n) is 4.41. The van der Waals surface area contributed by atoms with E-state index in [1.807, 2.05) is 47.0 Å². The summed E-state index contributed by atoms with van der Waals surface area (Å²) in [4.78, 5) is 13.4. The maximum Gasteiger partial charge on any atom is 0.273 e. The van der Waals surface area contributed by atoms with Gasteiger partial charge >= 0.3 is 0 Å². The molecule has 3 aromatic heterocycles. The molecule has 5 rings (SSSR count).